The maximum absolute atomic E-state index is 13.1. The molecular weight excluding hydrogens is 287 g/mol. The van der Waals surface area contributed by atoms with Gasteiger partial charge in [0.05, 0.1) is 23.9 Å². The summed E-state index contributed by atoms with van der Waals surface area (Å²) in [5.41, 5.74) is 3.11. The Balaban J connectivity index is 1.87. The number of halogens is 1. The third kappa shape index (κ3) is 2.00. The Morgan fingerprint density at radius 3 is 2.81 bits per heavy atom. The van der Waals surface area contributed by atoms with Gasteiger partial charge in [-0.2, -0.15) is 0 Å². The average Bonchev–Trinajstić information content (AvgIpc) is 3.06. The number of benzene rings is 2. The Hall–Kier alpha value is -2.01. The van der Waals surface area contributed by atoms with E-state index in [-0.39, 0.29) is 11.2 Å². The van der Waals surface area contributed by atoms with Crippen LogP contribution >= 0.6 is 11.8 Å². The summed E-state index contributed by atoms with van der Waals surface area (Å²) in [6, 6.07) is 12.6. The lowest BCUT2D eigenvalue weighted by Crippen LogP contribution is -2.03. The van der Waals surface area contributed by atoms with Crippen LogP contribution in [0.3, 0.4) is 0 Å². The van der Waals surface area contributed by atoms with Crippen molar-refractivity contribution in [2.24, 2.45) is 0 Å². The zero-order chi connectivity index (χ0) is 14.4. The zero-order valence-electron chi connectivity index (χ0n) is 11.4. The fourth-order valence-corrected chi connectivity index (χ4v) is 3.96. The van der Waals surface area contributed by atoms with Gasteiger partial charge in [0.1, 0.15) is 22.8 Å². The van der Waals surface area contributed by atoms with Crippen LogP contribution in [-0.2, 0) is 5.75 Å². The molecule has 0 saturated heterocycles. The first-order chi connectivity index (χ1) is 10.3. The van der Waals surface area contributed by atoms with Crippen LogP contribution in [0.5, 0.6) is 5.75 Å². The number of methoxy groups -OCH3 is 1. The fourth-order valence-electron chi connectivity index (χ4n) is 2.71. The number of imidazole rings is 1. The lowest BCUT2D eigenvalue weighted by Gasteiger charge is -2.14. The Labute approximate surface area is 125 Å². The number of rotatable bonds is 2. The van der Waals surface area contributed by atoms with Crippen molar-refractivity contribution >= 4 is 22.8 Å². The fraction of sp³-hybridized carbons (Fsp3) is 0.188. The highest BCUT2D eigenvalue weighted by molar-refractivity contribution is 7.99. The molecule has 21 heavy (non-hydrogen) atoms. The molecule has 0 spiro atoms. The SMILES string of the molecule is COc1ccc2nc3n(c2c1)C(c1ccc(F)cc1)SC3. The van der Waals surface area contributed by atoms with E-state index in [1.807, 2.05) is 30.3 Å². The maximum atomic E-state index is 13.1. The van der Waals surface area contributed by atoms with Crippen LogP contribution in [0, 0.1) is 5.82 Å². The molecule has 3 aromatic rings. The van der Waals surface area contributed by atoms with Crippen molar-refractivity contribution in [3.8, 4) is 5.75 Å². The molecule has 1 aliphatic heterocycles. The molecule has 1 aromatic heterocycles. The Morgan fingerprint density at radius 2 is 2.05 bits per heavy atom. The molecule has 0 radical (unpaired) electrons. The minimum atomic E-state index is -0.209. The number of hydrogen-bond acceptors (Lipinski definition) is 3. The number of hydrogen-bond donors (Lipinski definition) is 0. The normalized spacial score (nSPS) is 17.1. The van der Waals surface area contributed by atoms with Gasteiger partial charge < -0.3 is 9.30 Å². The largest absolute Gasteiger partial charge is 0.497 e. The first-order valence-electron chi connectivity index (χ1n) is 6.68. The van der Waals surface area contributed by atoms with Crippen molar-refractivity contribution < 1.29 is 9.13 Å². The maximum Gasteiger partial charge on any atom is 0.123 e. The van der Waals surface area contributed by atoms with Crippen LogP contribution in [0.2, 0.25) is 0 Å². The number of ether oxygens (including phenoxy) is 1. The smallest absolute Gasteiger partial charge is 0.123 e. The molecule has 2 aromatic carbocycles. The molecule has 0 amide bonds. The summed E-state index contributed by atoms with van der Waals surface area (Å²) < 4.78 is 20.6. The molecule has 4 rings (SSSR count). The summed E-state index contributed by atoms with van der Waals surface area (Å²) in [5, 5.41) is 0.137. The molecule has 1 unspecified atom stereocenters. The molecule has 1 aliphatic rings. The predicted molar refractivity (Wildman–Crippen MR) is 82.1 cm³/mol. The third-order valence-electron chi connectivity index (χ3n) is 3.73. The number of nitrogens with zero attached hydrogens (tertiary/aromatic N) is 2. The van der Waals surface area contributed by atoms with Gasteiger partial charge in [-0.25, -0.2) is 9.37 Å². The third-order valence-corrected chi connectivity index (χ3v) is 4.95. The van der Waals surface area contributed by atoms with Gasteiger partial charge in [0.25, 0.3) is 0 Å². The zero-order valence-corrected chi connectivity index (χ0v) is 12.2. The van der Waals surface area contributed by atoms with Crippen LogP contribution in [-0.4, -0.2) is 16.7 Å². The molecule has 0 saturated carbocycles. The van der Waals surface area contributed by atoms with Gasteiger partial charge in [0.15, 0.2) is 0 Å². The molecular formula is C16H13FN2OS. The van der Waals surface area contributed by atoms with E-state index in [4.69, 9.17) is 4.74 Å². The summed E-state index contributed by atoms with van der Waals surface area (Å²) in [5.74, 6) is 2.52. The summed E-state index contributed by atoms with van der Waals surface area (Å²) in [6.07, 6.45) is 0. The second-order valence-electron chi connectivity index (χ2n) is 4.97. The van der Waals surface area contributed by atoms with Gasteiger partial charge in [-0.1, -0.05) is 12.1 Å². The highest BCUT2D eigenvalue weighted by atomic mass is 32.2. The molecule has 5 heteroatoms. The van der Waals surface area contributed by atoms with Crippen molar-refractivity contribution in [2.45, 2.75) is 11.1 Å². The molecule has 0 aliphatic carbocycles. The van der Waals surface area contributed by atoms with E-state index in [1.165, 1.54) is 12.1 Å². The van der Waals surface area contributed by atoms with E-state index >= 15 is 0 Å². The van der Waals surface area contributed by atoms with E-state index in [1.54, 1.807) is 18.9 Å². The highest BCUT2D eigenvalue weighted by Crippen LogP contribution is 2.43. The van der Waals surface area contributed by atoms with Gasteiger partial charge >= 0.3 is 0 Å². The standard InChI is InChI=1S/C16H13FN2OS/c1-20-12-6-7-13-14(8-12)19-15(18-13)9-21-16(19)10-2-4-11(17)5-3-10/h2-8,16H,9H2,1H3. The molecule has 2 heterocycles. The van der Waals surface area contributed by atoms with Crippen LogP contribution in [0.25, 0.3) is 11.0 Å². The van der Waals surface area contributed by atoms with E-state index < -0.39 is 0 Å². The highest BCUT2D eigenvalue weighted by Gasteiger charge is 2.27. The molecule has 0 bridgehead atoms. The van der Waals surface area contributed by atoms with E-state index in [9.17, 15) is 4.39 Å². The van der Waals surface area contributed by atoms with E-state index in [0.717, 1.165) is 33.9 Å². The number of aromatic nitrogens is 2. The molecule has 106 valence electrons. The monoisotopic (exact) mass is 300 g/mol. The summed E-state index contributed by atoms with van der Waals surface area (Å²) in [7, 11) is 1.66. The second-order valence-corrected chi connectivity index (χ2v) is 6.04. The lowest BCUT2D eigenvalue weighted by molar-refractivity contribution is 0.415. The second kappa shape index (κ2) is 4.77. The van der Waals surface area contributed by atoms with Gasteiger partial charge in [-0.05, 0) is 29.8 Å². The number of thioether (sulfide) groups is 1. The lowest BCUT2D eigenvalue weighted by atomic mass is 10.2. The Kier molecular flexibility index (Phi) is 2.89. The Bertz CT molecular complexity index is 813. The van der Waals surface area contributed by atoms with Gasteiger partial charge in [0, 0.05) is 6.07 Å². The topological polar surface area (TPSA) is 27.1 Å². The molecule has 0 fully saturated rings. The van der Waals surface area contributed by atoms with Crippen LogP contribution < -0.4 is 4.74 Å². The molecule has 0 N–H and O–H groups in total. The predicted octanol–water partition coefficient (Wildman–Crippen LogP) is 3.98. The number of fused-ring (bicyclic) bond motifs is 3. The van der Waals surface area contributed by atoms with Crippen LogP contribution in [0.4, 0.5) is 4.39 Å². The van der Waals surface area contributed by atoms with Crippen molar-refractivity contribution in [1.82, 2.24) is 9.55 Å². The van der Waals surface area contributed by atoms with Gasteiger partial charge in [-0.3, -0.25) is 0 Å². The van der Waals surface area contributed by atoms with Crippen molar-refractivity contribution in [3.05, 3.63) is 59.7 Å². The van der Waals surface area contributed by atoms with Crippen LogP contribution in [0.1, 0.15) is 16.8 Å². The quantitative estimate of drug-likeness (QED) is 0.716. The van der Waals surface area contributed by atoms with E-state index in [2.05, 4.69) is 9.55 Å². The van der Waals surface area contributed by atoms with Crippen molar-refractivity contribution in [2.75, 3.05) is 7.11 Å². The van der Waals surface area contributed by atoms with Gasteiger partial charge in [-0.15, -0.1) is 11.8 Å². The van der Waals surface area contributed by atoms with Crippen molar-refractivity contribution in [3.63, 3.8) is 0 Å². The summed E-state index contributed by atoms with van der Waals surface area (Å²) in [4.78, 5) is 4.67. The minimum absolute atomic E-state index is 0.137. The first kappa shape index (κ1) is 12.7. The molecule has 1 atom stereocenters. The minimum Gasteiger partial charge on any atom is -0.497 e. The molecule has 3 nitrogen and oxygen atoms in total. The van der Waals surface area contributed by atoms with Gasteiger partial charge in [0.2, 0.25) is 0 Å². The van der Waals surface area contributed by atoms with Crippen LogP contribution in [0.15, 0.2) is 42.5 Å². The average molecular weight is 300 g/mol. The summed E-state index contributed by atoms with van der Waals surface area (Å²) in [6.45, 7) is 0. The van der Waals surface area contributed by atoms with E-state index in [0.29, 0.717) is 0 Å². The Morgan fingerprint density at radius 1 is 1.24 bits per heavy atom. The first-order valence-corrected chi connectivity index (χ1v) is 7.73. The van der Waals surface area contributed by atoms with Crippen molar-refractivity contribution in [1.29, 1.82) is 0 Å². The summed E-state index contributed by atoms with van der Waals surface area (Å²) >= 11 is 1.80.